The van der Waals surface area contributed by atoms with Gasteiger partial charge in [0.05, 0.1) is 31.4 Å². The second-order valence-electron chi connectivity index (χ2n) is 7.41. The first-order chi connectivity index (χ1) is 15.9. The molecule has 1 aliphatic heterocycles. The molecule has 1 aromatic heterocycles. The summed E-state index contributed by atoms with van der Waals surface area (Å²) in [6, 6.07) is 12.5. The van der Waals surface area contributed by atoms with Crippen molar-refractivity contribution in [2.45, 2.75) is 13.0 Å². The topological polar surface area (TPSA) is 89.0 Å². The normalized spacial score (nSPS) is 17.3. The minimum absolute atomic E-state index is 0.0733. The monoisotopic (exact) mass is 464 g/mol. The molecule has 168 valence electrons. The van der Waals surface area contributed by atoms with Gasteiger partial charge in [-0.1, -0.05) is 23.7 Å². The Morgan fingerprint density at radius 3 is 2.55 bits per heavy atom. The molecule has 7 nitrogen and oxygen atoms in total. The van der Waals surface area contributed by atoms with Gasteiger partial charge >= 0.3 is 0 Å². The van der Waals surface area contributed by atoms with Crippen LogP contribution in [0.4, 0.5) is 5.69 Å². The third kappa shape index (κ3) is 3.81. The molecule has 2 heterocycles. The van der Waals surface area contributed by atoms with Gasteiger partial charge in [0.2, 0.25) is 0 Å². The van der Waals surface area contributed by atoms with Crippen molar-refractivity contribution < 1.29 is 24.2 Å². The van der Waals surface area contributed by atoms with E-state index in [0.717, 1.165) is 0 Å². The van der Waals surface area contributed by atoms with Gasteiger partial charge in [-0.15, -0.1) is 0 Å². The highest BCUT2D eigenvalue weighted by atomic mass is 35.5. The zero-order valence-electron chi connectivity index (χ0n) is 18.2. The number of aromatic nitrogens is 1. The number of benzene rings is 2. The number of methoxy groups -OCH3 is 2. The largest absolute Gasteiger partial charge is 0.507 e. The van der Waals surface area contributed by atoms with E-state index in [1.54, 1.807) is 67.8 Å². The summed E-state index contributed by atoms with van der Waals surface area (Å²) in [5, 5.41) is 11.8. The van der Waals surface area contributed by atoms with Crippen LogP contribution in [0, 0.1) is 6.92 Å². The van der Waals surface area contributed by atoms with Crippen molar-refractivity contribution in [3.63, 3.8) is 0 Å². The molecular formula is C25H21ClN2O5. The number of aliphatic hydroxyl groups is 1. The van der Waals surface area contributed by atoms with Crippen LogP contribution >= 0.6 is 11.6 Å². The van der Waals surface area contributed by atoms with Crippen molar-refractivity contribution >= 4 is 34.7 Å². The van der Waals surface area contributed by atoms with Crippen molar-refractivity contribution in [3.05, 3.63) is 88.2 Å². The van der Waals surface area contributed by atoms with Crippen LogP contribution in [0.5, 0.6) is 11.5 Å². The summed E-state index contributed by atoms with van der Waals surface area (Å²) in [7, 11) is 2.95. The van der Waals surface area contributed by atoms with Crippen LogP contribution in [0.3, 0.4) is 0 Å². The minimum atomic E-state index is -0.914. The molecule has 0 saturated carbocycles. The Labute approximate surface area is 195 Å². The number of aliphatic hydroxyl groups excluding tert-OH is 1. The number of rotatable bonds is 5. The number of amides is 1. The number of nitrogens with zero attached hydrogens (tertiary/aromatic N) is 2. The third-order valence-electron chi connectivity index (χ3n) is 5.61. The number of ketones is 1. The maximum atomic E-state index is 13.3. The smallest absolute Gasteiger partial charge is 0.300 e. The highest BCUT2D eigenvalue weighted by Crippen LogP contribution is 2.44. The Kier molecular flexibility index (Phi) is 6.07. The van der Waals surface area contributed by atoms with Gasteiger partial charge in [-0.05, 0) is 48.4 Å². The van der Waals surface area contributed by atoms with E-state index in [4.69, 9.17) is 21.1 Å². The van der Waals surface area contributed by atoms with Crippen LogP contribution < -0.4 is 14.4 Å². The first-order valence-corrected chi connectivity index (χ1v) is 10.4. The second-order valence-corrected chi connectivity index (χ2v) is 7.81. The van der Waals surface area contributed by atoms with Gasteiger partial charge in [-0.2, -0.15) is 0 Å². The average Bonchev–Trinajstić information content (AvgIpc) is 3.10. The molecule has 0 bridgehead atoms. The van der Waals surface area contributed by atoms with Crippen molar-refractivity contribution in [2.24, 2.45) is 0 Å². The molecule has 1 amide bonds. The van der Waals surface area contributed by atoms with Crippen molar-refractivity contribution in [3.8, 4) is 11.5 Å². The van der Waals surface area contributed by atoms with Crippen molar-refractivity contribution in [2.75, 3.05) is 19.1 Å². The summed E-state index contributed by atoms with van der Waals surface area (Å²) in [5.74, 6) is -1.14. The quantitative estimate of drug-likeness (QED) is 0.335. The molecule has 33 heavy (non-hydrogen) atoms. The fraction of sp³-hybridized carbons (Fsp3) is 0.160. The van der Waals surface area contributed by atoms with Gasteiger partial charge in [0.1, 0.15) is 17.3 Å². The average molecular weight is 465 g/mol. The van der Waals surface area contributed by atoms with E-state index in [-0.39, 0.29) is 16.9 Å². The Bertz CT molecular complexity index is 1270. The zero-order valence-corrected chi connectivity index (χ0v) is 19.0. The molecule has 2 aromatic carbocycles. The fourth-order valence-electron chi connectivity index (χ4n) is 3.93. The lowest BCUT2D eigenvalue weighted by Crippen LogP contribution is -2.30. The number of anilines is 1. The molecule has 1 unspecified atom stereocenters. The number of hydrogen-bond acceptors (Lipinski definition) is 6. The Morgan fingerprint density at radius 2 is 1.88 bits per heavy atom. The van der Waals surface area contributed by atoms with Gasteiger partial charge in [0.25, 0.3) is 11.7 Å². The van der Waals surface area contributed by atoms with Crippen LogP contribution in [-0.2, 0) is 9.59 Å². The first kappa shape index (κ1) is 22.4. The molecule has 1 fully saturated rings. The van der Waals surface area contributed by atoms with E-state index in [1.165, 1.54) is 19.1 Å². The third-order valence-corrected chi connectivity index (χ3v) is 6.02. The SMILES string of the molecule is COc1ccc(/C(O)=C2\C(=O)C(=O)N(c3cccc(Cl)c3C)C2c2cccnc2)c(OC)c1. The number of ether oxygens (including phenoxy) is 2. The first-order valence-electron chi connectivity index (χ1n) is 10.1. The molecule has 0 spiro atoms. The number of halogens is 1. The van der Waals surface area contributed by atoms with Crippen molar-refractivity contribution in [1.29, 1.82) is 0 Å². The molecule has 1 atom stereocenters. The summed E-state index contributed by atoms with van der Waals surface area (Å²) in [6.45, 7) is 1.77. The van der Waals surface area contributed by atoms with Gasteiger partial charge in [0.15, 0.2) is 0 Å². The van der Waals surface area contributed by atoms with E-state index in [2.05, 4.69) is 4.98 Å². The lowest BCUT2D eigenvalue weighted by Gasteiger charge is -2.27. The molecule has 4 rings (SSSR count). The van der Waals surface area contributed by atoms with Gasteiger partial charge in [0, 0.05) is 29.2 Å². The van der Waals surface area contributed by atoms with Crippen LogP contribution in [0.2, 0.25) is 5.02 Å². The van der Waals surface area contributed by atoms with E-state index in [9.17, 15) is 14.7 Å². The molecule has 1 N–H and O–H groups in total. The molecular weight excluding hydrogens is 444 g/mol. The number of hydrogen-bond donors (Lipinski definition) is 1. The van der Waals surface area contributed by atoms with Crippen LogP contribution in [-0.4, -0.2) is 36.0 Å². The van der Waals surface area contributed by atoms with Gasteiger partial charge in [-0.3, -0.25) is 19.5 Å². The minimum Gasteiger partial charge on any atom is -0.507 e. The summed E-state index contributed by atoms with van der Waals surface area (Å²) in [6.07, 6.45) is 3.15. The van der Waals surface area contributed by atoms with Crippen LogP contribution in [0.1, 0.15) is 22.7 Å². The molecule has 8 heteroatoms. The Morgan fingerprint density at radius 1 is 1.09 bits per heavy atom. The van der Waals surface area contributed by atoms with E-state index in [0.29, 0.717) is 33.3 Å². The van der Waals surface area contributed by atoms with E-state index in [1.807, 2.05) is 0 Å². The highest BCUT2D eigenvalue weighted by Gasteiger charge is 2.47. The van der Waals surface area contributed by atoms with Gasteiger partial charge in [-0.25, -0.2) is 0 Å². The summed E-state index contributed by atoms with van der Waals surface area (Å²) in [4.78, 5) is 32.0. The van der Waals surface area contributed by atoms with Gasteiger partial charge < -0.3 is 14.6 Å². The van der Waals surface area contributed by atoms with Crippen molar-refractivity contribution in [1.82, 2.24) is 4.98 Å². The second kappa shape index (κ2) is 8.96. The Hall–Kier alpha value is -3.84. The lowest BCUT2D eigenvalue weighted by molar-refractivity contribution is -0.132. The molecule has 0 radical (unpaired) electrons. The van der Waals surface area contributed by atoms with E-state index >= 15 is 0 Å². The molecule has 1 saturated heterocycles. The lowest BCUT2D eigenvalue weighted by atomic mass is 9.95. The predicted molar refractivity (Wildman–Crippen MR) is 125 cm³/mol. The zero-order chi connectivity index (χ0) is 23.7. The standard InChI is InChI=1S/C25H21ClN2O5/c1-14-18(26)7-4-8-19(14)28-22(15-6-5-11-27-13-15)21(24(30)25(28)31)23(29)17-10-9-16(32-2)12-20(17)33-3/h4-13,22,29H,1-3H3/b23-21+. The Balaban J connectivity index is 1.99. The highest BCUT2D eigenvalue weighted by molar-refractivity contribution is 6.52. The fourth-order valence-corrected chi connectivity index (χ4v) is 4.10. The number of pyridine rings is 1. The van der Waals surface area contributed by atoms with Crippen LogP contribution in [0.15, 0.2) is 66.5 Å². The maximum absolute atomic E-state index is 13.3. The van der Waals surface area contributed by atoms with E-state index < -0.39 is 17.7 Å². The molecule has 1 aliphatic rings. The predicted octanol–water partition coefficient (Wildman–Crippen LogP) is 4.69. The number of Topliss-reactive ketones (excluding diaryl/α,β-unsaturated/α-hetero) is 1. The number of carbonyl (C=O) groups is 2. The number of carbonyl (C=O) groups excluding carboxylic acids is 2. The summed E-state index contributed by atoms with van der Waals surface area (Å²) < 4.78 is 10.6. The summed E-state index contributed by atoms with van der Waals surface area (Å²) in [5.41, 5.74) is 1.85. The molecule has 3 aromatic rings. The molecule has 0 aliphatic carbocycles. The summed E-state index contributed by atoms with van der Waals surface area (Å²) >= 11 is 6.31. The van der Waals surface area contributed by atoms with Crippen LogP contribution in [0.25, 0.3) is 5.76 Å². The maximum Gasteiger partial charge on any atom is 0.300 e.